The molecule has 3 heteroatoms. The Morgan fingerprint density at radius 1 is 0.447 bits per heavy atom. The van der Waals surface area contributed by atoms with Crippen LogP contribution in [0.5, 0.6) is 0 Å². The van der Waals surface area contributed by atoms with Crippen LogP contribution in [0.4, 0.5) is 0 Å². The second kappa shape index (κ2) is 9.06. The molecule has 2 aromatic heterocycles. The lowest BCUT2D eigenvalue weighted by Crippen LogP contribution is -2.21. The van der Waals surface area contributed by atoms with Crippen molar-refractivity contribution >= 4 is 21.8 Å². The van der Waals surface area contributed by atoms with E-state index in [4.69, 9.17) is 0 Å². The predicted octanol–water partition coefficient (Wildman–Crippen LogP) is 8.27. The molecule has 0 N–H and O–H groups in total. The highest BCUT2D eigenvalue weighted by atomic mass is 16.1. The van der Waals surface area contributed by atoms with Gasteiger partial charge in [0, 0.05) is 22.3 Å². The highest BCUT2D eigenvalue weighted by Crippen LogP contribution is 2.42. The van der Waals surface area contributed by atoms with E-state index in [0.29, 0.717) is 5.39 Å². The summed E-state index contributed by atoms with van der Waals surface area (Å²) in [5.41, 5.74) is 7.69. The second-order valence-electron chi connectivity index (χ2n) is 9.34. The third-order valence-electron chi connectivity index (χ3n) is 7.13. The number of para-hydroxylation sites is 3. The maximum atomic E-state index is 14.7. The van der Waals surface area contributed by atoms with Crippen molar-refractivity contribution < 1.29 is 0 Å². The lowest BCUT2D eigenvalue weighted by atomic mass is 9.95. The lowest BCUT2D eigenvalue weighted by molar-refractivity contribution is 1.02. The van der Waals surface area contributed by atoms with Gasteiger partial charge in [-0.2, -0.15) is 0 Å². The minimum atomic E-state index is -0.0318. The molecule has 0 aliphatic rings. The molecule has 0 bridgehead atoms. The Morgan fingerprint density at radius 3 is 1.53 bits per heavy atom. The first-order valence-electron chi connectivity index (χ1n) is 12.8. The molecule has 0 spiro atoms. The lowest BCUT2D eigenvalue weighted by Gasteiger charge is -2.21. The Morgan fingerprint density at radius 2 is 0.921 bits per heavy atom. The van der Waals surface area contributed by atoms with Gasteiger partial charge in [-0.05, 0) is 41.5 Å². The minimum absolute atomic E-state index is 0.0318. The smallest absolute Gasteiger partial charge is 0.265 e. The number of pyridine rings is 1. The second-order valence-corrected chi connectivity index (χ2v) is 9.34. The molecular formula is C35H24N2O. The van der Waals surface area contributed by atoms with Crippen LogP contribution < -0.4 is 5.56 Å². The molecule has 2 heterocycles. The third kappa shape index (κ3) is 3.40. The van der Waals surface area contributed by atoms with Gasteiger partial charge in [-0.1, -0.05) is 115 Å². The van der Waals surface area contributed by atoms with Crippen LogP contribution in [0.1, 0.15) is 0 Å². The van der Waals surface area contributed by atoms with Crippen LogP contribution in [0, 0.1) is 0 Å². The fraction of sp³-hybridized carbons (Fsp3) is 0. The van der Waals surface area contributed by atoms with Crippen LogP contribution in [0.25, 0.3) is 55.6 Å². The van der Waals surface area contributed by atoms with E-state index in [-0.39, 0.29) is 5.56 Å². The van der Waals surface area contributed by atoms with Crippen molar-refractivity contribution in [2.75, 3.05) is 0 Å². The van der Waals surface area contributed by atoms with Crippen molar-refractivity contribution in [1.29, 1.82) is 0 Å². The van der Waals surface area contributed by atoms with E-state index in [0.717, 1.165) is 50.2 Å². The topological polar surface area (TPSA) is 26.9 Å². The maximum Gasteiger partial charge on any atom is 0.265 e. The standard InChI is InChI=1S/C35H24N2O/c38-35-32-29-23-13-14-24-30(29)36(27-19-9-3-10-20-27)34(32)31(25-15-5-1-6-16-25)33(26-17-7-2-8-18-26)37(35)28-21-11-4-12-22-28/h1-24H. The van der Waals surface area contributed by atoms with Crippen LogP contribution in [-0.2, 0) is 0 Å². The van der Waals surface area contributed by atoms with Crippen LogP contribution in [0.2, 0.25) is 0 Å². The average Bonchev–Trinajstić information content (AvgIpc) is 3.34. The Labute approximate surface area is 220 Å². The van der Waals surface area contributed by atoms with Crippen molar-refractivity contribution in [2.45, 2.75) is 0 Å². The molecule has 7 rings (SSSR count). The quantitative estimate of drug-likeness (QED) is 0.245. The van der Waals surface area contributed by atoms with Crippen LogP contribution in [-0.4, -0.2) is 9.13 Å². The zero-order valence-corrected chi connectivity index (χ0v) is 20.7. The maximum absolute atomic E-state index is 14.7. The summed E-state index contributed by atoms with van der Waals surface area (Å²) < 4.78 is 4.14. The summed E-state index contributed by atoms with van der Waals surface area (Å²) in [6, 6.07) is 49.1. The Hall–Kier alpha value is -5.15. The number of rotatable bonds is 4. The molecule has 180 valence electrons. The van der Waals surface area contributed by atoms with E-state index >= 15 is 0 Å². The van der Waals surface area contributed by atoms with E-state index in [2.05, 4.69) is 65.2 Å². The van der Waals surface area contributed by atoms with E-state index < -0.39 is 0 Å². The van der Waals surface area contributed by atoms with Gasteiger partial charge in [0.15, 0.2) is 0 Å². The molecule has 7 aromatic rings. The van der Waals surface area contributed by atoms with E-state index in [1.807, 2.05) is 89.5 Å². The molecule has 3 nitrogen and oxygen atoms in total. The summed E-state index contributed by atoms with van der Waals surface area (Å²) in [7, 11) is 0. The summed E-state index contributed by atoms with van der Waals surface area (Å²) in [6.45, 7) is 0. The SMILES string of the molecule is O=c1c2c3ccccc3n(-c3ccccc3)c2c(-c2ccccc2)c(-c2ccccc2)n1-c1ccccc1. The molecule has 0 atom stereocenters. The van der Waals surface area contributed by atoms with Crippen LogP contribution in [0.15, 0.2) is 150 Å². The van der Waals surface area contributed by atoms with Gasteiger partial charge in [0.05, 0.1) is 22.1 Å². The van der Waals surface area contributed by atoms with Gasteiger partial charge in [-0.25, -0.2) is 0 Å². The Bertz CT molecular complexity index is 1950. The van der Waals surface area contributed by atoms with Crippen molar-refractivity contribution in [3.8, 4) is 33.8 Å². The van der Waals surface area contributed by atoms with Crippen molar-refractivity contribution in [3.63, 3.8) is 0 Å². The van der Waals surface area contributed by atoms with E-state index in [1.54, 1.807) is 0 Å². The van der Waals surface area contributed by atoms with Gasteiger partial charge in [0.2, 0.25) is 0 Å². The van der Waals surface area contributed by atoms with E-state index in [1.165, 1.54) is 0 Å². The Balaban J connectivity index is 1.82. The first-order valence-corrected chi connectivity index (χ1v) is 12.8. The molecule has 0 amide bonds. The number of fused-ring (bicyclic) bond motifs is 3. The molecule has 5 aromatic carbocycles. The molecular weight excluding hydrogens is 464 g/mol. The third-order valence-corrected chi connectivity index (χ3v) is 7.13. The summed E-state index contributed by atoms with van der Waals surface area (Å²) >= 11 is 0. The van der Waals surface area contributed by atoms with Gasteiger partial charge in [0.25, 0.3) is 5.56 Å². The number of nitrogens with zero attached hydrogens (tertiary/aromatic N) is 2. The summed E-state index contributed by atoms with van der Waals surface area (Å²) in [5.74, 6) is 0. The monoisotopic (exact) mass is 488 g/mol. The predicted molar refractivity (Wildman–Crippen MR) is 157 cm³/mol. The number of hydrogen-bond donors (Lipinski definition) is 0. The summed E-state index contributed by atoms with van der Waals surface area (Å²) in [5, 5.41) is 1.66. The highest BCUT2D eigenvalue weighted by molar-refractivity contribution is 6.15. The molecule has 0 saturated heterocycles. The van der Waals surface area contributed by atoms with Gasteiger partial charge in [-0.3, -0.25) is 9.36 Å². The molecule has 38 heavy (non-hydrogen) atoms. The zero-order chi connectivity index (χ0) is 25.5. The van der Waals surface area contributed by atoms with Crippen molar-refractivity contribution in [1.82, 2.24) is 9.13 Å². The molecule has 0 unspecified atom stereocenters. The van der Waals surface area contributed by atoms with Crippen molar-refractivity contribution in [3.05, 3.63) is 156 Å². The fourth-order valence-electron chi connectivity index (χ4n) is 5.55. The summed E-state index contributed by atoms with van der Waals surface area (Å²) in [6.07, 6.45) is 0. The van der Waals surface area contributed by atoms with Gasteiger partial charge in [0.1, 0.15) is 0 Å². The zero-order valence-electron chi connectivity index (χ0n) is 20.7. The number of benzene rings is 5. The molecule has 0 saturated carbocycles. The van der Waals surface area contributed by atoms with Gasteiger partial charge < -0.3 is 4.57 Å². The molecule has 0 radical (unpaired) electrons. The Kier molecular flexibility index (Phi) is 5.26. The first-order chi connectivity index (χ1) is 18.8. The molecule has 0 fully saturated rings. The number of hydrogen-bond acceptors (Lipinski definition) is 1. The first kappa shape index (κ1) is 22.1. The van der Waals surface area contributed by atoms with Gasteiger partial charge >= 0.3 is 0 Å². The largest absolute Gasteiger partial charge is 0.308 e. The molecule has 0 aliphatic carbocycles. The normalized spacial score (nSPS) is 11.3. The van der Waals surface area contributed by atoms with E-state index in [9.17, 15) is 4.79 Å². The average molecular weight is 489 g/mol. The van der Waals surface area contributed by atoms with Crippen LogP contribution >= 0.6 is 0 Å². The summed E-state index contributed by atoms with van der Waals surface area (Å²) in [4.78, 5) is 14.7. The molecule has 0 aliphatic heterocycles. The number of aromatic nitrogens is 2. The minimum Gasteiger partial charge on any atom is -0.308 e. The van der Waals surface area contributed by atoms with Crippen LogP contribution in [0.3, 0.4) is 0 Å². The fourth-order valence-corrected chi connectivity index (χ4v) is 5.55. The van der Waals surface area contributed by atoms with Crippen molar-refractivity contribution in [2.24, 2.45) is 0 Å². The van der Waals surface area contributed by atoms with Gasteiger partial charge in [-0.15, -0.1) is 0 Å². The highest BCUT2D eigenvalue weighted by Gasteiger charge is 2.26.